The molecule has 2 aromatic carbocycles. The van der Waals surface area contributed by atoms with Crippen molar-refractivity contribution in [3.8, 4) is 0 Å². The van der Waals surface area contributed by atoms with Crippen molar-refractivity contribution >= 4 is 5.91 Å². The van der Waals surface area contributed by atoms with Gasteiger partial charge in [0.15, 0.2) is 0 Å². The van der Waals surface area contributed by atoms with E-state index in [-0.39, 0.29) is 11.9 Å². The van der Waals surface area contributed by atoms with E-state index in [1.807, 2.05) is 41.3 Å². The van der Waals surface area contributed by atoms with Crippen molar-refractivity contribution in [1.29, 1.82) is 0 Å². The number of aliphatic hydroxyl groups is 1. The van der Waals surface area contributed by atoms with Crippen LogP contribution in [0.25, 0.3) is 0 Å². The summed E-state index contributed by atoms with van der Waals surface area (Å²) >= 11 is 0. The normalized spacial score (nSPS) is 19.0. The summed E-state index contributed by atoms with van der Waals surface area (Å²) in [6.07, 6.45) is 1.38. The Bertz CT molecular complexity index is 688. The van der Waals surface area contributed by atoms with E-state index in [4.69, 9.17) is 0 Å². The SMILES string of the molecule is CC(O)CN(Cc1ccccc1)C1CCCN(Cc2ccccc2)C1=O. The third-order valence-electron chi connectivity index (χ3n) is 4.89. The van der Waals surface area contributed by atoms with E-state index in [1.54, 1.807) is 6.92 Å². The molecule has 0 bridgehead atoms. The quantitative estimate of drug-likeness (QED) is 0.833. The van der Waals surface area contributed by atoms with E-state index in [0.29, 0.717) is 19.6 Å². The lowest BCUT2D eigenvalue weighted by Gasteiger charge is -2.39. The third-order valence-corrected chi connectivity index (χ3v) is 4.89. The highest BCUT2D eigenvalue weighted by Gasteiger charge is 2.33. The molecule has 2 aromatic rings. The number of rotatable bonds is 7. The molecular weight excluding hydrogens is 324 g/mol. The second-order valence-corrected chi connectivity index (χ2v) is 7.17. The molecule has 1 heterocycles. The summed E-state index contributed by atoms with van der Waals surface area (Å²) in [4.78, 5) is 17.2. The van der Waals surface area contributed by atoms with Crippen LogP contribution in [-0.2, 0) is 17.9 Å². The molecule has 4 heteroatoms. The molecule has 2 unspecified atom stereocenters. The van der Waals surface area contributed by atoms with Gasteiger partial charge < -0.3 is 10.0 Å². The van der Waals surface area contributed by atoms with Gasteiger partial charge in [-0.15, -0.1) is 0 Å². The first kappa shape index (κ1) is 18.6. The molecule has 2 atom stereocenters. The van der Waals surface area contributed by atoms with Crippen LogP contribution >= 0.6 is 0 Å². The number of amides is 1. The number of piperidine rings is 1. The van der Waals surface area contributed by atoms with Crippen LogP contribution in [0.2, 0.25) is 0 Å². The molecule has 1 amide bonds. The molecule has 3 rings (SSSR count). The van der Waals surface area contributed by atoms with Crippen molar-refractivity contribution in [2.24, 2.45) is 0 Å². The van der Waals surface area contributed by atoms with Crippen molar-refractivity contribution in [3.05, 3.63) is 71.8 Å². The Morgan fingerprint density at radius 3 is 2.31 bits per heavy atom. The van der Waals surface area contributed by atoms with Crippen LogP contribution < -0.4 is 0 Å². The lowest BCUT2D eigenvalue weighted by atomic mass is 10.0. The second kappa shape index (κ2) is 8.97. The van der Waals surface area contributed by atoms with Gasteiger partial charge in [0.1, 0.15) is 0 Å². The maximum Gasteiger partial charge on any atom is 0.240 e. The predicted octanol–water partition coefficient (Wildman–Crippen LogP) is 3.06. The molecule has 0 radical (unpaired) electrons. The maximum atomic E-state index is 13.1. The van der Waals surface area contributed by atoms with Crippen LogP contribution in [0.3, 0.4) is 0 Å². The van der Waals surface area contributed by atoms with E-state index < -0.39 is 6.10 Å². The molecule has 4 nitrogen and oxygen atoms in total. The zero-order valence-corrected chi connectivity index (χ0v) is 15.4. The predicted molar refractivity (Wildman–Crippen MR) is 103 cm³/mol. The van der Waals surface area contributed by atoms with Gasteiger partial charge in [-0.2, -0.15) is 0 Å². The van der Waals surface area contributed by atoms with Gasteiger partial charge >= 0.3 is 0 Å². The number of carbonyl (C=O) groups excluding carboxylic acids is 1. The number of hydrogen-bond acceptors (Lipinski definition) is 3. The molecule has 0 saturated carbocycles. The topological polar surface area (TPSA) is 43.8 Å². The molecule has 1 aliphatic rings. The number of nitrogens with zero attached hydrogens (tertiary/aromatic N) is 2. The fourth-order valence-corrected chi connectivity index (χ4v) is 3.68. The van der Waals surface area contributed by atoms with Crippen molar-refractivity contribution < 1.29 is 9.90 Å². The Morgan fingerprint density at radius 1 is 1.08 bits per heavy atom. The van der Waals surface area contributed by atoms with Gasteiger partial charge in [-0.3, -0.25) is 9.69 Å². The molecule has 1 fully saturated rings. The van der Waals surface area contributed by atoms with Crippen LogP contribution in [0.15, 0.2) is 60.7 Å². The summed E-state index contributed by atoms with van der Waals surface area (Å²) in [5, 5.41) is 9.95. The van der Waals surface area contributed by atoms with E-state index in [0.717, 1.165) is 24.9 Å². The summed E-state index contributed by atoms with van der Waals surface area (Å²) < 4.78 is 0. The van der Waals surface area contributed by atoms with Gasteiger partial charge in [0.05, 0.1) is 12.1 Å². The summed E-state index contributed by atoms with van der Waals surface area (Å²) in [6, 6.07) is 20.1. The Labute approximate surface area is 156 Å². The van der Waals surface area contributed by atoms with Crippen LogP contribution in [0, 0.1) is 0 Å². The zero-order chi connectivity index (χ0) is 18.4. The van der Waals surface area contributed by atoms with Crippen molar-refractivity contribution in [2.75, 3.05) is 13.1 Å². The first-order valence-electron chi connectivity index (χ1n) is 9.42. The number of aliphatic hydroxyl groups excluding tert-OH is 1. The third kappa shape index (κ3) is 4.93. The minimum atomic E-state index is -0.462. The van der Waals surface area contributed by atoms with Crippen LogP contribution in [0.4, 0.5) is 0 Å². The number of carbonyl (C=O) groups is 1. The van der Waals surface area contributed by atoms with Crippen LogP contribution in [-0.4, -0.2) is 46.0 Å². The highest BCUT2D eigenvalue weighted by Crippen LogP contribution is 2.22. The largest absolute Gasteiger partial charge is 0.392 e. The molecule has 1 saturated heterocycles. The molecule has 1 N–H and O–H groups in total. The average molecular weight is 352 g/mol. The first-order chi connectivity index (χ1) is 12.6. The molecule has 0 aromatic heterocycles. The summed E-state index contributed by atoms with van der Waals surface area (Å²) in [5.41, 5.74) is 2.33. The van der Waals surface area contributed by atoms with E-state index in [2.05, 4.69) is 29.2 Å². The zero-order valence-electron chi connectivity index (χ0n) is 15.4. The fourth-order valence-electron chi connectivity index (χ4n) is 3.68. The second-order valence-electron chi connectivity index (χ2n) is 7.17. The molecule has 1 aliphatic heterocycles. The summed E-state index contributed by atoms with van der Waals surface area (Å²) in [7, 11) is 0. The van der Waals surface area contributed by atoms with Crippen molar-refractivity contribution in [2.45, 2.75) is 45.0 Å². The molecular formula is C22H28N2O2. The van der Waals surface area contributed by atoms with Crippen LogP contribution in [0.1, 0.15) is 30.9 Å². The standard InChI is InChI=1S/C22H28N2O2/c1-18(25)15-24(17-20-11-6-3-7-12-20)21-13-8-14-23(22(21)26)16-19-9-4-2-5-10-19/h2-7,9-12,18,21,25H,8,13-17H2,1H3. The van der Waals surface area contributed by atoms with Crippen molar-refractivity contribution in [1.82, 2.24) is 9.80 Å². The van der Waals surface area contributed by atoms with Gasteiger partial charge in [0.2, 0.25) is 5.91 Å². The molecule has 0 spiro atoms. The average Bonchev–Trinajstić information content (AvgIpc) is 2.64. The maximum absolute atomic E-state index is 13.1. The highest BCUT2D eigenvalue weighted by atomic mass is 16.3. The molecule has 0 aliphatic carbocycles. The number of likely N-dealkylation sites (tertiary alicyclic amines) is 1. The van der Waals surface area contributed by atoms with E-state index >= 15 is 0 Å². The van der Waals surface area contributed by atoms with Gasteiger partial charge in [0, 0.05) is 26.2 Å². The Balaban J connectivity index is 1.73. The van der Waals surface area contributed by atoms with E-state index in [9.17, 15) is 9.90 Å². The van der Waals surface area contributed by atoms with Gasteiger partial charge in [-0.25, -0.2) is 0 Å². The Morgan fingerprint density at radius 2 is 1.69 bits per heavy atom. The van der Waals surface area contributed by atoms with E-state index in [1.165, 1.54) is 5.56 Å². The van der Waals surface area contributed by atoms with Gasteiger partial charge in [0.25, 0.3) is 0 Å². The number of hydrogen-bond donors (Lipinski definition) is 1. The smallest absolute Gasteiger partial charge is 0.240 e. The van der Waals surface area contributed by atoms with Gasteiger partial charge in [-0.05, 0) is 30.9 Å². The fraction of sp³-hybridized carbons (Fsp3) is 0.409. The minimum absolute atomic E-state index is 0.165. The van der Waals surface area contributed by atoms with Crippen LogP contribution in [0.5, 0.6) is 0 Å². The Hall–Kier alpha value is -2.17. The highest BCUT2D eigenvalue weighted by molar-refractivity contribution is 5.82. The lowest BCUT2D eigenvalue weighted by molar-refractivity contribution is -0.141. The minimum Gasteiger partial charge on any atom is -0.392 e. The van der Waals surface area contributed by atoms with Gasteiger partial charge in [-0.1, -0.05) is 60.7 Å². The Kier molecular flexibility index (Phi) is 6.42. The lowest BCUT2D eigenvalue weighted by Crippen LogP contribution is -2.53. The summed E-state index contributed by atoms with van der Waals surface area (Å²) in [6.45, 7) is 4.43. The monoisotopic (exact) mass is 352 g/mol. The molecule has 138 valence electrons. The molecule has 26 heavy (non-hydrogen) atoms. The number of benzene rings is 2. The van der Waals surface area contributed by atoms with Crippen molar-refractivity contribution in [3.63, 3.8) is 0 Å². The first-order valence-corrected chi connectivity index (χ1v) is 9.42. The summed E-state index contributed by atoms with van der Waals surface area (Å²) in [5.74, 6) is 0.177.